The van der Waals surface area contributed by atoms with Gasteiger partial charge in [-0.15, -0.1) is 0 Å². The number of nitrogen functional groups attached to an aromatic ring is 1. The Balaban J connectivity index is 2.25. The van der Waals surface area contributed by atoms with Crippen LogP contribution in [-0.4, -0.2) is 16.6 Å². The van der Waals surface area contributed by atoms with Crippen molar-refractivity contribution in [2.45, 2.75) is 25.7 Å². The van der Waals surface area contributed by atoms with Crippen molar-refractivity contribution in [3.63, 3.8) is 0 Å². The minimum atomic E-state index is 0.313. The van der Waals surface area contributed by atoms with Crippen LogP contribution in [0.25, 0.3) is 0 Å². The van der Waals surface area contributed by atoms with Gasteiger partial charge in [0.15, 0.2) is 0 Å². The van der Waals surface area contributed by atoms with Crippen LogP contribution >= 0.6 is 0 Å². The summed E-state index contributed by atoms with van der Waals surface area (Å²) in [5.74, 6) is 1.49. The Hall–Kier alpha value is -1.32. The summed E-state index contributed by atoms with van der Waals surface area (Å²) >= 11 is 0. The number of ether oxygens (including phenoxy) is 1. The van der Waals surface area contributed by atoms with Crippen LogP contribution in [0.3, 0.4) is 0 Å². The molecule has 1 fully saturated rings. The predicted molar refractivity (Wildman–Crippen MR) is 49.6 cm³/mol. The van der Waals surface area contributed by atoms with Crippen LogP contribution in [0.15, 0.2) is 6.07 Å². The van der Waals surface area contributed by atoms with Crippen LogP contribution in [0, 0.1) is 0 Å². The molecule has 1 aliphatic rings. The second-order valence-electron chi connectivity index (χ2n) is 3.20. The van der Waals surface area contributed by atoms with Gasteiger partial charge in [0.05, 0.1) is 12.3 Å². The van der Waals surface area contributed by atoms with Gasteiger partial charge >= 0.3 is 0 Å². The molecule has 0 radical (unpaired) electrons. The second-order valence-corrected chi connectivity index (χ2v) is 3.20. The molecule has 2 rings (SSSR count). The van der Waals surface area contributed by atoms with Crippen molar-refractivity contribution in [2.75, 3.05) is 12.3 Å². The quantitative estimate of drug-likeness (QED) is 0.760. The van der Waals surface area contributed by atoms with Gasteiger partial charge in [-0.25, -0.2) is 4.98 Å². The molecule has 0 bridgehead atoms. The van der Waals surface area contributed by atoms with Gasteiger partial charge in [-0.1, -0.05) is 0 Å². The number of rotatable bonds is 3. The third-order valence-electron chi connectivity index (χ3n) is 2.03. The summed E-state index contributed by atoms with van der Waals surface area (Å²) in [5.41, 5.74) is 6.58. The average molecular weight is 179 g/mol. The van der Waals surface area contributed by atoms with Crippen molar-refractivity contribution in [3.8, 4) is 5.88 Å². The number of nitrogens with two attached hydrogens (primary N) is 1. The Labute approximate surface area is 77.1 Å². The van der Waals surface area contributed by atoms with Gasteiger partial charge in [0, 0.05) is 12.0 Å². The summed E-state index contributed by atoms with van der Waals surface area (Å²) in [4.78, 5) is 8.14. The predicted octanol–water partition coefficient (Wildman–Crippen LogP) is 1.33. The molecule has 1 heterocycles. The second kappa shape index (κ2) is 3.20. The Kier molecular flexibility index (Phi) is 2.04. The summed E-state index contributed by atoms with van der Waals surface area (Å²) in [6.07, 6.45) is 2.42. The van der Waals surface area contributed by atoms with Gasteiger partial charge in [-0.2, -0.15) is 4.98 Å². The van der Waals surface area contributed by atoms with Crippen molar-refractivity contribution >= 4 is 5.95 Å². The van der Waals surface area contributed by atoms with Gasteiger partial charge in [0.2, 0.25) is 11.8 Å². The van der Waals surface area contributed by atoms with Gasteiger partial charge in [-0.3, -0.25) is 0 Å². The highest BCUT2D eigenvalue weighted by Gasteiger charge is 2.26. The fraction of sp³-hybridized carbons (Fsp3) is 0.556. The highest BCUT2D eigenvalue weighted by molar-refractivity contribution is 5.29. The molecule has 1 aromatic heterocycles. The van der Waals surface area contributed by atoms with Crippen LogP contribution in [0.4, 0.5) is 5.95 Å². The highest BCUT2D eigenvalue weighted by Crippen LogP contribution is 2.39. The highest BCUT2D eigenvalue weighted by atomic mass is 16.5. The normalized spacial score (nSPS) is 15.8. The monoisotopic (exact) mass is 179 g/mol. The lowest BCUT2D eigenvalue weighted by molar-refractivity contribution is 0.326. The molecule has 0 atom stereocenters. The topological polar surface area (TPSA) is 61.0 Å². The maximum atomic E-state index is 5.55. The molecule has 0 saturated heterocycles. The molecule has 1 aromatic rings. The van der Waals surface area contributed by atoms with Crippen molar-refractivity contribution in [3.05, 3.63) is 11.8 Å². The molecular formula is C9H13N3O. The SMILES string of the molecule is CCOc1cc(C2CC2)nc(N)n1. The summed E-state index contributed by atoms with van der Waals surface area (Å²) in [6, 6.07) is 1.89. The summed E-state index contributed by atoms with van der Waals surface area (Å²) in [6.45, 7) is 2.54. The van der Waals surface area contributed by atoms with Crippen LogP contribution in [0.2, 0.25) is 0 Å². The molecule has 0 aliphatic heterocycles. The van der Waals surface area contributed by atoms with E-state index in [0.717, 1.165) is 5.69 Å². The zero-order valence-electron chi connectivity index (χ0n) is 7.66. The molecule has 70 valence electrons. The van der Waals surface area contributed by atoms with Crippen LogP contribution in [0.5, 0.6) is 5.88 Å². The molecule has 1 aliphatic carbocycles. The average Bonchev–Trinajstić information content (AvgIpc) is 2.85. The third-order valence-corrected chi connectivity index (χ3v) is 2.03. The number of hydrogen-bond donors (Lipinski definition) is 1. The van der Waals surface area contributed by atoms with Gasteiger partial charge in [0.25, 0.3) is 0 Å². The number of nitrogens with zero attached hydrogens (tertiary/aromatic N) is 2. The molecule has 2 N–H and O–H groups in total. The van der Waals surface area contributed by atoms with E-state index in [2.05, 4.69) is 9.97 Å². The Morgan fingerprint density at radius 2 is 2.31 bits per heavy atom. The van der Waals surface area contributed by atoms with Crippen molar-refractivity contribution < 1.29 is 4.74 Å². The van der Waals surface area contributed by atoms with E-state index in [0.29, 0.717) is 24.4 Å². The van der Waals surface area contributed by atoms with Crippen LogP contribution < -0.4 is 10.5 Å². The van der Waals surface area contributed by atoms with E-state index in [-0.39, 0.29) is 0 Å². The van der Waals surface area contributed by atoms with E-state index in [1.165, 1.54) is 12.8 Å². The molecule has 0 unspecified atom stereocenters. The first-order chi connectivity index (χ1) is 6.29. The third kappa shape index (κ3) is 1.88. The summed E-state index contributed by atoms with van der Waals surface area (Å²) < 4.78 is 5.27. The number of aromatic nitrogens is 2. The van der Waals surface area contributed by atoms with Crippen LogP contribution in [-0.2, 0) is 0 Å². The van der Waals surface area contributed by atoms with Crippen molar-refractivity contribution in [1.29, 1.82) is 0 Å². The maximum absolute atomic E-state index is 5.55. The lowest BCUT2D eigenvalue weighted by Gasteiger charge is -2.04. The van der Waals surface area contributed by atoms with E-state index in [1.807, 2.05) is 13.0 Å². The largest absolute Gasteiger partial charge is 0.478 e. The molecule has 0 spiro atoms. The smallest absolute Gasteiger partial charge is 0.223 e. The number of hydrogen-bond acceptors (Lipinski definition) is 4. The van der Waals surface area contributed by atoms with E-state index < -0.39 is 0 Å². The first-order valence-corrected chi connectivity index (χ1v) is 4.57. The minimum absolute atomic E-state index is 0.313. The lowest BCUT2D eigenvalue weighted by atomic mass is 10.3. The maximum Gasteiger partial charge on any atom is 0.223 e. The fourth-order valence-electron chi connectivity index (χ4n) is 1.27. The molecule has 0 amide bonds. The zero-order chi connectivity index (χ0) is 9.26. The fourth-order valence-corrected chi connectivity index (χ4v) is 1.27. The summed E-state index contributed by atoms with van der Waals surface area (Å²) in [5, 5.41) is 0. The van der Waals surface area contributed by atoms with E-state index in [4.69, 9.17) is 10.5 Å². The zero-order valence-corrected chi connectivity index (χ0v) is 7.66. The van der Waals surface area contributed by atoms with Gasteiger partial charge in [-0.05, 0) is 19.8 Å². The van der Waals surface area contributed by atoms with E-state index >= 15 is 0 Å². The van der Waals surface area contributed by atoms with E-state index in [9.17, 15) is 0 Å². The first kappa shape index (κ1) is 8.29. The first-order valence-electron chi connectivity index (χ1n) is 4.57. The number of anilines is 1. The standard InChI is InChI=1S/C9H13N3O/c1-2-13-8-5-7(6-3-4-6)11-9(10)12-8/h5-6H,2-4H2,1H3,(H2,10,11,12). The Morgan fingerprint density at radius 3 is 2.92 bits per heavy atom. The molecular weight excluding hydrogens is 166 g/mol. The Morgan fingerprint density at radius 1 is 1.54 bits per heavy atom. The van der Waals surface area contributed by atoms with Crippen molar-refractivity contribution in [2.24, 2.45) is 0 Å². The summed E-state index contributed by atoms with van der Waals surface area (Å²) in [7, 11) is 0. The molecule has 13 heavy (non-hydrogen) atoms. The van der Waals surface area contributed by atoms with Crippen LogP contribution in [0.1, 0.15) is 31.4 Å². The molecule has 0 aromatic carbocycles. The van der Waals surface area contributed by atoms with Crippen molar-refractivity contribution in [1.82, 2.24) is 9.97 Å². The Bertz CT molecular complexity index is 310. The van der Waals surface area contributed by atoms with Gasteiger partial charge < -0.3 is 10.5 Å². The van der Waals surface area contributed by atoms with E-state index in [1.54, 1.807) is 0 Å². The minimum Gasteiger partial charge on any atom is -0.478 e. The lowest BCUT2D eigenvalue weighted by Crippen LogP contribution is -2.02. The van der Waals surface area contributed by atoms with Gasteiger partial charge in [0.1, 0.15) is 0 Å². The molecule has 4 nitrogen and oxygen atoms in total. The molecule has 4 heteroatoms. The molecule has 1 saturated carbocycles.